The van der Waals surface area contributed by atoms with Crippen molar-refractivity contribution in [1.29, 1.82) is 0 Å². The number of imidazole rings is 1. The molecule has 0 unspecified atom stereocenters. The van der Waals surface area contributed by atoms with Crippen molar-refractivity contribution in [2.75, 3.05) is 6.61 Å². The minimum atomic E-state index is -4.40. The van der Waals surface area contributed by atoms with Gasteiger partial charge in [-0.05, 0) is 36.8 Å². The standard InChI is InChI=1S/C19H18F3N3O2/c1-13(25-12-24-16-7-2-3-8-17(16)25)18(26)23-10-14-5-4-6-15(9-14)27-11-19(20,21)22/h2-9,12-13H,10-11H2,1H3,(H,23,26)/t13-/m1/s1. The van der Waals surface area contributed by atoms with Crippen molar-refractivity contribution in [1.82, 2.24) is 14.9 Å². The van der Waals surface area contributed by atoms with Crippen LogP contribution in [0.4, 0.5) is 13.2 Å². The number of hydrogen-bond acceptors (Lipinski definition) is 3. The Balaban J connectivity index is 1.62. The number of alkyl halides is 3. The molecule has 0 bridgehead atoms. The summed E-state index contributed by atoms with van der Waals surface area (Å²) in [6.45, 7) is 0.582. The first-order valence-corrected chi connectivity index (χ1v) is 8.31. The molecule has 3 aromatic rings. The van der Waals surface area contributed by atoms with Crippen molar-refractivity contribution < 1.29 is 22.7 Å². The molecule has 1 atom stereocenters. The van der Waals surface area contributed by atoms with Gasteiger partial charge in [-0.3, -0.25) is 4.79 Å². The summed E-state index contributed by atoms with van der Waals surface area (Å²) >= 11 is 0. The molecule has 3 rings (SSSR count). The third kappa shape index (κ3) is 4.78. The summed E-state index contributed by atoms with van der Waals surface area (Å²) < 4.78 is 43.2. The Hall–Kier alpha value is -3.03. The van der Waals surface area contributed by atoms with Crippen LogP contribution in [0.1, 0.15) is 18.5 Å². The predicted molar refractivity (Wildman–Crippen MR) is 94.3 cm³/mol. The van der Waals surface area contributed by atoms with E-state index in [0.717, 1.165) is 11.0 Å². The summed E-state index contributed by atoms with van der Waals surface area (Å²) in [5.41, 5.74) is 2.29. The molecule has 1 aromatic heterocycles. The molecule has 0 aliphatic heterocycles. The Morgan fingerprint density at radius 2 is 2.00 bits per heavy atom. The van der Waals surface area contributed by atoms with Crippen LogP contribution in [0.15, 0.2) is 54.9 Å². The fourth-order valence-corrected chi connectivity index (χ4v) is 2.66. The largest absolute Gasteiger partial charge is 0.484 e. The summed E-state index contributed by atoms with van der Waals surface area (Å²) in [4.78, 5) is 16.7. The minimum absolute atomic E-state index is 0.104. The molecule has 2 aromatic carbocycles. The number of rotatable bonds is 6. The zero-order valence-electron chi connectivity index (χ0n) is 14.5. The smallest absolute Gasteiger partial charge is 0.422 e. The quantitative estimate of drug-likeness (QED) is 0.710. The number of amides is 1. The average Bonchev–Trinajstić information content (AvgIpc) is 3.08. The first kappa shape index (κ1) is 18.8. The van der Waals surface area contributed by atoms with E-state index < -0.39 is 18.8 Å². The number of nitrogens with one attached hydrogen (secondary N) is 1. The molecule has 142 valence electrons. The van der Waals surface area contributed by atoms with Crippen molar-refractivity contribution in [3.8, 4) is 5.75 Å². The number of halogens is 3. The van der Waals surface area contributed by atoms with Gasteiger partial charge in [-0.1, -0.05) is 24.3 Å². The van der Waals surface area contributed by atoms with Crippen LogP contribution >= 0.6 is 0 Å². The molecule has 1 N–H and O–H groups in total. The molecule has 0 aliphatic carbocycles. The third-order valence-corrected chi connectivity index (χ3v) is 4.05. The molecular weight excluding hydrogens is 359 g/mol. The lowest BCUT2D eigenvalue weighted by molar-refractivity contribution is -0.153. The lowest BCUT2D eigenvalue weighted by atomic mass is 10.2. The van der Waals surface area contributed by atoms with Gasteiger partial charge >= 0.3 is 6.18 Å². The van der Waals surface area contributed by atoms with Crippen LogP contribution in [0.5, 0.6) is 5.75 Å². The highest BCUT2D eigenvalue weighted by atomic mass is 19.4. The number of carbonyl (C=O) groups is 1. The monoisotopic (exact) mass is 377 g/mol. The molecular formula is C19H18F3N3O2. The van der Waals surface area contributed by atoms with E-state index in [2.05, 4.69) is 10.3 Å². The molecule has 1 amide bonds. The molecule has 0 spiro atoms. The maximum Gasteiger partial charge on any atom is 0.422 e. The Labute approximate surface area is 153 Å². The molecule has 0 saturated heterocycles. The normalized spacial score (nSPS) is 12.7. The summed E-state index contributed by atoms with van der Waals surface area (Å²) in [5, 5.41) is 2.79. The van der Waals surface area contributed by atoms with Gasteiger partial charge in [0.05, 0.1) is 17.4 Å². The van der Waals surface area contributed by atoms with Crippen molar-refractivity contribution in [3.05, 3.63) is 60.4 Å². The second-order valence-corrected chi connectivity index (χ2v) is 6.09. The number of ether oxygens (including phenoxy) is 1. The van der Waals surface area contributed by atoms with Gasteiger partial charge in [-0.25, -0.2) is 4.98 Å². The average molecular weight is 377 g/mol. The number of nitrogens with zero attached hydrogens (tertiary/aromatic N) is 2. The van der Waals surface area contributed by atoms with Crippen LogP contribution in [0, 0.1) is 0 Å². The number of carbonyl (C=O) groups excluding carboxylic acids is 1. The van der Waals surface area contributed by atoms with Gasteiger partial charge in [-0.15, -0.1) is 0 Å². The number of para-hydroxylation sites is 2. The van der Waals surface area contributed by atoms with E-state index in [1.54, 1.807) is 30.0 Å². The number of hydrogen-bond donors (Lipinski definition) is 1. The van der Waals surface area contributed by atoms with Crippen molar-refractivity contribution in [3.63, 3.8) is 0 Å². The van der Waals surface area contributed by atoms with Gasteiger partial charge in [0.15, 0.2) is 6.61 Å². The van der Waals surface area contributed by atoms with E-state index in [-0.39, 0.29) is 18.2 Å². The Morgan fingerprint density at radius 3 is 2.78 bits per heavy atom. The maximum absolute atomic E-state index is 12.5. The summed E-state index contributed by atoms with van der Waals surface area (Å²) in [5.74, 6) is -0.118. The molecule has 1 heterocycles. The van der Waals surface area contributed by atoms with Gasteiger partial charge in [0, 0.05) is 6.54 Å². The highest BCUT2D eigenvalue weighted by molar-refractivity contribution is 5.83. The lowest BCUT2D eigenvalue weighted by Gasteiger charge is -2.15. The Bertz CT molecular complexity index is 937. The molecule has 0 aliphatic rings. The van der Waals surface area contributed by atoms with E-state index in [4.69, 9.17) is 4.74 Å². The van der Waals surface area contributed by atoms with Crippen LogP contribution in [0.3, 0.4) is 0 Å². The first-order valence-electron chi connectivity index (χ1n) is 8.31. The molecule has 0 fully saturated rings. The number of fused-ring (bicyclic) bond motifs is 1. The maximum atomic E-state index is 12.5. The number of benzene rings is 2. The highest BCUT2D eigenvalue weighted by Gasteiger charge is 2.28. The van der Waals surface area contributed by atoms with Crippen molar-refractivity contribution in [2.45, 2.75) is 25.7 Å². The van der Waals surface area contributed by atoms with Crippen LogP contribution in [-0.4, -0.2) is 28.2 Å². The van der Waals surface area contributed by atoms with Crippen molar-refractivity contribution in [2.24, 2.45) is 0 Å². The topological polar surface area (TPSA) is 56.1 Å². The van der Waals surface area contributed by atoms with Gasteiger partial charge in [-0.2, -0.15) is 13.2 Å². The summed E-state index contributed by atoms with van der Waals surface area (Å²) in [6.07, 6.45) is -2.78. The van der Waals surface area contributed by atoms with Crippen LogP contribution in [0.2, 0.25) is 0 Å². The zero-order valence-corrected chi connectivity index (χ0v) is 14.5. The van der Waals surface area contributed by atoms with E-state index in [9.17, 15) is 18.0 Å². The molecule has 8 heteroatoms. The predicted octanol–water partition coefficient (Wildman–Crippen LogP) is 3.85. The van der Waals surface area contributed by atoms with Crippen molar-refractivity contribution >= 4 is 16.9 Å². The summed E-state index contributed by atoms with van der Waals surface area (Å²) in [7, 11) is 0. The first-order chi connectivity index (χ1) is 12.8. The Kier molecular flexibility index (Phi) is 5.34. The molecule has 27 heavy (non-hydrogen) atoms. The molecule has 0 radical (unpaired) electrons. The van der Waals surface area contributed by atoms with E-state index >= 15 is 0 Å². The second kappa shape index (κ2) is 7.69. The second-order valence-electron chi connectivity index (χ2n) is 6.09. The minimum Gasteiger partial charge on any atom is -0.484 e. The summed E-state index contributed by atoms with van der Waals surface area (Å²) in [6, 6.07) is 13.2. The highest BCUT2D eigenvalue weighted by Crippen LogP contribution is 2.20. The lowest BCUT2D eigenvalue weighted by Crippen LogP contribution is -2.30. The third-order valence-electron chi connectivity index (χ3n) is 4.05. The van der Waals surface area contributed by atoms with Gasteiger partial charge < -0.3 is 14.6 Å². The van der Waals surface area contributed by atoms with Crippen LogP contribution in [0.25, 0.3) is 11.0 Å². The van der Waals surface area contributed by atoms with E-state index in [1.165, 1.54) is 12.1 Å². The van der Waals surface area contributed by atoms with E-state index in [1.807, 2.05) is 24.3 Å². The Morgan fingerprint density at radius 1 is 1.22 bits per heavy atom. The van der Waals surface area contributed by atoms with Gasteiger partial charge in [0.25, 0.3) is 0 Å². The van der Waals surface area contributed by atoms with Gasteiger partial charge in [0.2, 0.25) is 5.91 Å². The molecule has 0 saturated carbocycles. The number of aromatic nitrogens is 2. The van der Waals surface area contributed by atoms with Crippen LogP contribution in [-0.2, 0) is 11.3 Å². The fourth-order valence-electron chi connectivity index (χ4n) is 2.66. The fraction of sp³-hybridized carbons (Fsp3) is 0.263. The molecule has 5 nitrogen and oxygen atoms in total. The van der Waals surface area contributed by atoms with Crippen LogP contribution < -0.4 is 10.1 Å². The zero-order chi connectivity index (χ0) is 19.4. The van der Waals surface area contributed by atoms with Gasteiger partial charge in [0.1, 0.15) is 11.8 Å². The van der Waals surface area contributed by atoms with E-state index in [0.29, 0.717) is 5.56 Å². The SMILES string of the molecule is C[C@H](C(=O)NCc1cccc(OCC(F)(F)F)c1)n1cnc2ccccc21.